The van der Waals surface area contributed by atoms with Gasteiger partial charge in [0.15, 0.2) is 0 Å². The first-order chi connectivity index (χ1) is 8.75. The topological polar surface area (TPSA) is 55.5 Å². The van der Waals surface area contributed by atoms with E-state index in [1.54, 1.807) is 12.1 Å². The number of hydrogen-bond acceptors (Lipinski definition) is 3. The van der Waals surface area contributed by atoms with Gasteiger partial charge in [-0.15, -0.1) is 0 Å². The third-order valence-corrected chi connectivity index (χ3v) is 2.75. The van der Waals surface area contributed by atoms with E-state index in [1.807, 2.05) is 36.4 Å². The van der Waals surface area contributed by atoms with Crippen LogP contribution in [0.25, 0.3) is 0 Å². The number of nitrogens with two attached hydrogens (primary N) is 1. The lowest BCUT2D eigenvalue weighted by Crippen LogP contribution is -2.01. The van der Waals surface area contributed by atoms with Gasteiger partial charge in [0, 0.05) is 5.69 Å². The minimum absolute atomic E-state index is 0.267. The third kappa shape index (κ3) is 3.50. The Hall–Kier alpha value is -2.00. The van der Waals surface area contributed by atoms with Crippen molar-refractivity contribution < 1.29 is 9.84 Å². The van der Waals surface area contributed by atoms with Crippen molar-refractivity contribution in [3.8, 4) is 5.75 Å². The Kier molecular flexibility index (Phi) is 4.20. The minimum atomic E-state index is 0.267. The molecule has 0 spiro atoms. The van der Waals surface area contributed by atoms with Gasteiger partial charge < -0.3 is 15.6 Å². The van der Waals surface area contributed by atoms with Gasteiger partial charge in [0.05, 0.1) is 13.2 Å². The summed E-state index contributed by atoms with van der Waals surface area (Å²) in [5.74, 6) is 0.267. The number of benzene rings is 2. The van der Waals surface area contributed by atoms with Crippen molar-refractivity contribution in [3.05, 3.63) is 59.7 Å². The van der Waals surface area contributed by atoms with Crippen LogP contribution in [-0.4, -0.2) is 11.7 Å². The lowest BCUT2D eigenvalue weighted by molar-refractivity contribution is 0.124. The summed E-state index contributed by atoms with van der Waals surface area (Å²) in [6.45, 7) is 1.12. The molecule has 0 aliphatic rings. The van der Waals surface area contributed by atoms with Crippen LogP contribution in [0.4, 0.5) is 5.69 Å². The summed E-state index contributed by atoms with van der Waals surface area (Å²) >= 11 is 0. The number of phenols is 1. The number of aromatic hydroxyl groups is 1. The maximum absolute atomic E-state index is 9.31. The molecule has 2 aromatic carbocycles. The van der Waals surface area contributed by atoms with Crippen LogP contribution in [0.2, 0.25) is 0 Å². The van der Waals surface area contributed by atoms with Crippen LogP contribution >= 0.6 is 0 Å². The average Bonchev–Trinajstić information content (AvgIpc) is 2.37. The van der Waals surface area contributed by atoms with Gasteiger partial charge in [0.25, 0.3) is 0 Å². The van der Waals surface area contributed by atoms with Gasteiger partial charge in [-0.2, -0.15) is 0 Å². The van der Waals surface area contributed by atoms with E-state index in [1.165, 1.54) is 0 Å². The predicted octanol–water partition coefficient (Wildman–Crippen LogP) is 2.73. The number of phenolic OH excluding ortho intramolecular Hbond substituents is 1. The molecule has 2 aromatic rings. The summed E-state index contributed by atoms with van der Waals surface area (Å²) in [4.78, 5) is 0. The van der Waals surface area contributed by atoms with Crippen molar-refractivity contribution in [3.63, 3.8) is 0 Å². The van der Waals surface area contributed by atoms with Gasteiger partial charge in [-0.3, -0.25) is 0 Å². The summed E-state index contributed by atoms with van der Waals surface area (Å²) in [5, 5.41) is 9.31. The van der Waals surface area contributed by atoms with E-state index >= 15 is 0 Å². The Morgan fingerprint density at radius 1 is 1.06 bits per heavy atom. The number of ether oxygens (including phenoxy) is 1. The molecule has 0 saturated heterocycles. The molecule has 0 aliphatic heterocycles. The zero-order valence-corrected chi connectivity index (χ0v) is 10.2. The fourth-order valence-corrected chi connectivity index (χ4v) is 1.78. The van der Waals surface area contributed by atoms with Crippen LogP contribution < -0.4 is 5.73 Å². The second-order valence-corrected chi connectivity index (χ2v) is 4.17. The molecular formula is C15H17NO2. The van der Waals surface area contributed by atoms with E-state index in [0.29, 0.717) is 13.2 Å². The highest BCUT2D eigenvalue weighted by atomic mass is 16.5. The number of para-hydroxylation sites is 1. The maximum Gasteiger partial charge on any atom is 0.115 e. The fraction of sp³-hybridized carbons (Fsp3) is 0.200. The molecule has 18 heavy (non-hydrogen) atoms. The summed E-state index contributed by atoms with van der Waals surface area (Å²) < 4.78 is 5.57. The Balaban J connectivity index is 1.78. The van der Waals surface area contributed by atoms with Crippen molar-refractivity contribution in [1.29, 1.82) is 0 Å². The molecule has 0 saturated carbocycles. The van der Waals surface area contributed by atoms with E-state index in [2.05, 4.69) is 0 Å². The second-order valence-electron chi connectivity index (χ2n) is 4.17. The van der Waals surface area contributed by atoms with Gasteiger partial charge in [-0.25, -0.2) is 0 Å². The molecule has 0 amide bonds. The van der Waals surface area contributed by atoms with Crippen molar-refractivity contribution >= 4 is 5.69 Å². The quantitative estimate of drug-likeness (QED) is 0.627. The first-order valence-corrected chi connectivity index (χ1v) is 5.95. The summed E-state index contributed by atoms with van der Waals surface area (Å²) in [7, 11) is 0. The van der Waals surface area contributed by atoms with E-state index in [4.69, 9.17) is 10.5 Å². The van der Waals surface area contributed by atoms with E-state index < -0.39 is 0 Å². The average molecular weight is 243 g/mol. The van der Waals surface area contributed by atoms with E-state index in [9.17, 15) is 5.11 Å². The number of nitrogen functional groups attached to an aromatic ring is 1. The third-order valence-electron chi connectivity index (χ3n) is 2.75. The first kappa shape index (κ1) is 12.5. The van der Waals surface area contributed by atoms with Crippen LogP contribution in [0, 0.1) is 0 Å². The number of anilines is 1. The molecule has 3 heteroatoms. The Morgan fingerprint density at radius 2 is 1.89 bits per heavy atom. The number of rotatable bonds is 5. The Morgan fingerprint density at radius 3 is 2.67 bits per heavy atom. The molecule has 0 aromatic heterocycles. The highest BCUT2D eigenvalue weighted by Crippen LogP contribution is 2.13. The largest absolute Gasteiger partial charge is 0.508 e. The van der Waals surface area contributed by atoms with Crippen LogP contribution in [0.3, 0.4) is 0 Å². The fourth-order valence-electron chi connectivity index (χ4n) is 1.78. The molecular weight excluding hydrogens is 226 g/mol. The van der Waals surface area contributed by atoms with Crippen LogP contribution in [0.5, 0.6) is 5.75 Å². The summed E-state index contributed by atoms with van der Waals surface area (Å²) in [5.41, 5.74) is 8.72. The van der Waals surface area contributed by atoms with Gasteiger partial charge in [-0.1, -0.05) is 30.3 Å². The normalized spacial score (nSPS) is 10.4. The monoisotopic (exact) mass is 243 g/mol. The number of hydrogen-bond donors (Lipinski definition) is 2. The second kappa shape index (κ2) is 6.07. The highest BCUT2D eigenvalue weighted by molar-refractivity contribution is 5.46. The van der Waals surface area contributed by atoms with E-state index in [0.717, 1.165) is 23.2 Å². The predicted molar refractivity (Wildman–Crippen MR) is 72.3 cm³/mol. The molecule has 3 nitrogen and oxygen atoms in total. The van der Waals surface area contributed by atoms with Crippen molar-refractivity contribution in [2.24, 2.45) is 0 Å². The highest BCUT2D eigenvalue weighted by Gasteiger charge is 1.99. The van der Waals surface area contributed by atoms with Gasteiger partial charge in [-0.05, 0) is 35.7 Å². The lowest BCUT2D eigenvalue weighted by Gasteiger charge is -2.07. The zero-order chi connectivity index (χ0) is 12.8. The molecule has 2 rings (SSSR count). The van der Waals surface area contributed by atoms with Crippen molar-refractivity contribution in [1.82, 2.24) is 0 Å². The molecule has 0 radical (unpaired) electrons. The molecule has 0 fully saturated rings. The zero-order valence-electron chi connectivity index (χ0n) is 10.2. The van der Waals surface area contributed by atoms with Crippen molar-refractivity contribution in [2.45, 2.75) is 13.0 Å². The first-order valence-electron chi connectivity index (χ1n) is 5.95. The van der Waals surface area contributed by atoms with Crippen LogP contribution in [0.15, 0.2) is 48.5 Å². The lowest BCUT2D eigenvalue weighted by atomic mass is 10.1. The molecule has 94 valence electrons. The standard InChI is InChI=1S/C15H17NO2/c16-15-7-2-1-5-13(15)8-9-18-11-12-4-3-6-14(17)10-12/h1-7,10,17H,8-9,11,16H2. The van der Waals surface area contributed by atoms with Crippen LogP contribution in [0.1, 0.15) is 11.1 Å². The van der Waals surface area contributed by atoms with Gasteiger partial charge in [0.1, 0.15) is 5.75 Å². The van der Waals surface area contributed by atoms with Gasteiger partial charge in [0.2, 0.25) is 0 Å². The molecule has 0 unspecified atom stereocenters. The van der Waals surface area contributed by atoms with Gasteiger partial charge >= 0.3 is 0 Å². The molecule has 3 N–H and O–H groups in total. The molecule has 0 aliphatic carbocycles. The SMILES string of the molecule is Nc1ccccc1CCOCc1cccc(O)c1. The molecule has 0 heterocycles. The summed E-state index contributed by atoms with van der Waals surface area (Å²) in [6.07, 6.45) is 0.797. The molecule has 0 bridgehead atoms. The Bertz CT molecular complexity index is 511. The summed E-state index contributed by atoms with van der Waals surface area (Å²) in [6, 6.07) is 14.9. The Labute approximate surface area is 107 Å². The molecule has 0 atom stereocenters. The minimum Gasteiger partial charge on any atom is -0.508 e. The smallest absolute Gasteiger partial charge is 0.115 e. The van der Waals surface area contributed by atoms with Crippen LogP contribution in [-0.2, 0) is 17.8 Å². The maximum atomic E-state index is 9.31. The van der Waals surface area contributed by atoms with E-state index in [-0.39, 0.29) is 5.75 Å². The van der Waals surface area contributed by atoms with Crippen molar-refractivity contribution in [2.75, 3.05) is 12.3 Å².